The Hall–Kier alpha value is -1.60. The minimum Gasteiger partial charge on any atom is -0.384 e. The first-order chi connectivity index (χ1) is 9.86. The van der Waals surface area contributed by atoms with Crippen LogP contribution in [0.25, 0.3) is 0 Å². The molecule has 0 saturated carbocycles. The quantitative estimate of drug-likeness (QED) is 0.829. The summed E-state index contributed by atoms with van der Waals surface area (Å²) in [5, 5.41) is 10.7. The Bertz CT molecular complexity index is 588. The molecule has 0 amide bonds. The van der Waals surface area contributed by atoms with Gasteiger partial charge in [0.15, 0.2) is 0 Å². The first kappa shape index (κ1) is 15.8. The van der Waals surface area contributed by atoms with Gasteiger partial charge in [-0.1, -0.05) is 63.2 Å². The van der Waals surface area contributed by atoms with E-state index in [1.165, 1.54) is 5.56 Å². The van der Waals surface area contributed by atoms with Crippen LogP contribution in [0.3, 0.4) is 0 Å². The Morgan fingerprint density at radius 1 is 0.952 bits per heavy atom. The van der Waals surface area contributed by atoms with Crippen LogP contribution in [0.15, 0.2) is 42.5 Å². The molecule has 0 saturated heterocycles. The SMILES string of the molecule is CCC(C)(C)c1ccc(C(O)c2c(C)cccc2C)cc1. The molecule has 2 aromatic carbocycles. The highest BCUT2D eigenvalue weighted by atomic mass is 16.3. The largest absolute Gasteiger partial charge is 0.384 e. The van der Waals surface area contributed by atoms with Crippen LogP contribution in [-0.2, 0) is 5.41 Å². The summed E-state index contributed by atoms with van der Waals surface area (Å²) in [4.78, 5) is 0. The Kier molecular flexibility index (Phi) is 4.53. The molecule has 0 bridgehead atoms. The summed E-state index contributed by atoms with van der Waals surface area (Å²) in [5.41, 5.74) is 5.77. The standard InChI is InChI=1S/C20H26O/c1-6-20(4,5)17-12-10-16(11-13-17)19(21)18-14(2)8-7-9-15(18)3/h7-13,19,21H,6H2,1-5H3. The molecule has 0 aliphatic rings. The molecule has 0 aliphatic heterocycles. The fourth-order valence-electron chi connectivity index (χ4n) is 2.75. The van der Waals surface area contributed by atoms with Crippen molar-refractivity contribution < 1.29 is 5.11 Å². The van der Waals surface area contributed by atoms with Crippen molar-refractivity contribution in [1.29, 1.82) is 0 Å². The van der Waals surface area contributed by atoms with Crippen LogP contribution in [0.4, 0.5) is 0 Å². The zero-order chi connectivity index (χ0) is 15.6. The van der Waals surface area contributed by atoms with E-state index >= 15 is 0 Å². The topological polar surface area (TPSA) is 20.2 Å². The van der Waals surface area contributed by atoms with E-state index in [0.717, 1.165) is 28.7 Å². The van der Waals surface area contributed by atoms with Crippen molar-refractivity contribution in [3.8, 4) is 0 Å². The molecule has 21 heavy (non-hydrogen) atoms. The molecule has 0 fully saturated rings. The van der Waals surface area contributed by atoms with Crippen LogP contribution in [0, 0.1) is 13.8 Å². The van der Waals surface area contributed by atoms with Gasteiger partial charge in [-0.05, 0) is 53.5 Å². The Morgan fingerprint density at radius 2 is 1.48 bits per heavy atom. The molecule has 0 aromatic heterocycles. The number of aryl methyl sites for hydroxylation is 2. The second-order valence-electron chi connectivity index (χ2n) is 6.57. The Balaban J connectivity index is 2.35. The van der Waals surface area contributed by atoms with Gasteiger partial charge >= 0.3 is 0 Å². The van der Waals surface area contributed by atoms with Crippen molar-refractivity contribution >= 4 is 0 Å². The second kappa shape index (κ2) is 6.03. The Labute approximate surface area is 128 Å². The summed E-state index contributed by atoms with van der Waals surface area (Å²) in [5.74, 6) is 0. The van der Waals surface area contributed by atoms with Crippen molar-refractivity contribution in [1.82, 2.24) is 0 Å². The van der Waals surface area contributed by atoms with Crippen molar-refractivity contribution in [3.63, 3.8) is 0 Å². The van der Waals surface area contributed by atoms with Crippen molar-refractivity contribution in [2.24, 2.45) is 0 Å². The van der Waals surface area contributed by atoms with E-state index in [2.05, 4.69) is 71.0 Å². The van der Waals surface area contributed by atoms with Gasteiger partial charge in [0.1, 0.15) is 6.10 Å². The van der Waals surface area contributed by atoms with E-state index in [1.54, 1.807) is 0 Å². The lowest BCUT2D eigenvalue weighted by Crippen LogP contribution is -2.15. The van der Waals surface area contributed by atoms with E-state index < -0.39 is 6.10 Å². The number of hydrogen-bond donors (Lipinski definition) is 1. The number of rotatable bonds is 4. The van der Waals surface area contributed by atoms with E-state index in [4.69, 9.17) is 0 Å². The first-order valence-corrected chi connectivity index (χ1v) is 7.71. The molecule has 1 unspecified atom stereocenters. The maximum atomic E-state index is 10.7. The number of hydrogen-bond acceptors (Lipinski definition) is 1. The lowest BCUT2D eigenvalue weighted by molar-refractivity contribution is 0.218. The highest BCUT2D eigenvalue weighted by Crippen LogP contribution is 2.31. The summed E-state index contributed by atoms with van der Waals surface area (Å²) in [6, 6.07) is 14.6. The van der Waals surface area contributed by atoms with E-state index in [0.29, 0.717) is 0 Å². The zero-order valence-electron chi connectivity index (χ0n) is 13.8. The van der Waals surface area contributed by atoms with Crippen LogP contribution in [0.5, 0.6) is 0 Å². The fraction of sp³-hybridized carbons (Fsp3) is 0.400. The molecular weight excluding hydrogens is 256 g/mol. The minimum atomic E-state index is -0.551. The summed E-state index contributed by atoms with van der Waals surface area (Å²) < 4.78 is 0. The second-order valence-corrected chi connectivity index (χ2v) is 6.57. The molecule has 0 heterocycles. The summed E-state index contributed by atoms with van der Waals surface area (Å²) in [6.07, 6.45) is 0.552. The fourth-order valence-corrected chi connectivity index (χ4v) is 2.75. The van der Waals surface area contributed by atoms with Gasteiger partial charge in [-0.25, -0.2) is 0 Å². The molecule has 1 nitrogen and oxygen atoms in total. The smallest absolute Gasteiger partial charge is 0.105 e. The minimum absolute atomic E-state index is 0.183. The van der Waals surface area contributed by atoms with Gasteiger partial charge in [-0.15, -0.1) is 0 Å². The highest BCUT2D eigenvalue weighted by molar-refractivity contribution is 5.41. The monoisotopic (exact) mass is 282 g/mol. The highest BCUT2D eigenvalue weighted by Gasteiger charge is 2.19. The summed E-state index contributed by atoms with van der Waals surface area (Å²) in [7, 11) is 0. The zero-order valence-corrected chi connectivity index (χ0v) is 13.8. The van der Waals surface area contributed by atoms with Gasteiger partial charge in [0.05, 0.1) is 0 Å². The van der Waals surface area contributed by atoms with Crippen molar-refractivity contribution in [3.05, 3.63) is 70.3 Å². The molecule has 112 valence electrons. The summed E-state index contributed by atoms with van der Waals surface area (Å²) >= 11 is 0. The lowest BCUT2D eigenvalue weighted by atomic mass is 9.81. The molecule has 1 heteroatoms. The molecule has 0 spiro atoms. The van der Waals surface area contributed by atoms with E-state index in [1.807, 2.05) is 6.07 Å². The predicted molar refractivity (Wildman–Crippen MR) is 89.7 cm³/mol. The van der Waals surface area contributed by atoms with Gasteiger partial charge in [-0.3, -0.25) is 0 Å². The maximum Gasteiger partial charge on any atom is 0.105 e. The third kappa shape index (κ3) is 3.19. The van der Waals surface area contributed by atoms with Crippen molar-refractivity contribution in [2.75, 3.05) is 0 Å². The van der Waals surface area contributed by atoms with Crippen LogP contribution in [0.1, 0.15) is 61.1 Å². The molecule has 0 radical (unpaired) electrons. The van der Waals surface area contributed by atoms with Crippen LogP contribution < -0.4 is 0 Å². The average Bonchev–Trinajstić information content (AvgIpc) is 2.47. The lowest BCUT2D eigenvalue weighted by Gasteiger charge is -2.24. The molecule has 2 aromatic rings. The van der Waals surface area contributed by atoms with Crippen molar-refractivity contribution in [2.45, 2.75) is 52.6 Å². The average molecular weight is 282 g/mol. The predicted octanol–water partition coefficient (Wildman–Crippen LogP) is 5.07. The van der Waals surface area contributed by atoms with Gasteiger partial charge in [0.25, 0.3) is 0 Å². The molecule has 0 aliphatic carbocycles. The van der Waals surface area contributed by atoms with E-state index in [-0.39, 0.29) is 5.41 Å². The first-order valence-electron chi connectivity index (χ1n) is 7.71. The summed E-state index contributed by atoms with van der Waals surface area (Å²) in [6.45, 7) is 10.8. The van der Waals surface area contributed by atoms with Crippen LogP contribution in [-0.4, -0.2) is 5.11 Å². The third-order valence-corrected chi connectivity index (χ3v) is 4.71. The van der Waals surface area contributed by atoms with Gasteiger partial charge < -0.3 is 5.11 Å². The van der Waals surface area contributed by atoms with Gasteiger partial charge in [0, 0.05) is 0 Å². The number of aliphatic hydroxyl groups is 1. The third-order valence-electron chi connectivity index (χ3n) is 4.71. The van der Waals surface area contributed by atoms with Crippen LogP contribution in [0.2, 0.25) is 0 Å². The maximum absolute atomic E-state index is 10.7. The molecule has 1 atom stereocenters. The van der Waals surface area contributed by atoms with Gasteiger partial charge in [0.2, 0.25) is 0 Å². The number of aliphatic hydroxyl groups excluding tert-OH is 1. The van der Waals surface area contributed by atoms with Crippen LogP contribution >= 0.6 is 0 Å². The van der Waals surface area contributed by atoms with E-state index in [9.17, 15) is 5.11 Å². The molecule has 2 rings (SSSR count). The molecular formula is C20H26O. The number of benzene rings is 2. The normalized spacial score (nSPS) is 13.2. The Morgan fingerprint density at radius 3 is 1.95 bits per heavy atom. The molecule has 1 N–H and O–H groups in total. The van der Waals surface area contributed by atoms with Gasteiger partial charge in [-0.2, -0.15) is 0 Å².